The van der Waals surface area contributed by atoms with Crippen molar-refractivity contribution in [2.24, 2.45) is 0 Å². The Kier molecular flexibility index (Phi) is 4.15. The van der Waals surface area contributed by atoms with Gasteiger partial charge in [-0.3, -0.25) is 0 Å². The molecule has 2 aromatic rings. The highest BCUT2D eigenvalue weighted by Gasteiger charge is 2.30. The van der Waals surface area contributed by atoms with Crippen LogP contribution in [0.15, 0.2) is 42.5 Å². The number of ether oxygens (including phenoxy) is 2. The van der Waals surface area contributed by atoms with Gasteiger partial charge >= 0.3 is 0 Å². The number of hydrogen-bond acceptors (Lipinski definition) is 2. The van der Waals surface area contributed by atoms with Crippen LogP contribution in [0.3, 0.4) is 0 Å². The zero-order valence-electron chi connectivity index (χ0n) is 11.7. The lowest BCUT2D eigenvalue weighted by Gasteiger charge is -2.30. The molecule has 3 rings (SSSR count). The summed E-state index contributed by atoms with van der Waals surface area (Å²) in [6, 6.07) is 12.6. The van der Waals surface area contributed by atoms with Gasteiger partial charge in [-0.1, -0.05) is 34.1 Å². The van der Waals surface area contributed by atoms with Gasteiger partial charge in [0.05, 0.1) is 18.5 Å². The predicted molar refractivity (Wildman–Crippen MR) is 83.9 cm³/mol. The van der Waals surface area contributed by atoms with E-state index in [4.69, 9.17) is 9.47 Å². The Balaban J connectivity index is 2.00. The summed E-state index contributed by atoms with van der Waals surface area (Å²) in [5.74, 6) is 1.58. The van der Waals surface area contributed by atoms with Gasteiger partial charge < -0.3 is 9.47 Å². The highest BCUT2D eigenvalue weighted by atomic mass is 79.9. The lowest BCUT2D eigenvalue weighted by atomic mass is 9.87. The van der Waals surface area contributed by atoms with Crippen LogP contribution in [0.25, 0.3) is 0 Å². The Morgan fingerprint density at radius 3 is 2.90 bits per heavy atom. The maximum Gasteiger partial charge on any atom is 0.123 e. The summed E-state index contributed by atoms with van der Waals surface area (Å²) in [6.45, 7) is 0.668. The van der Waals surface area contributed by atoms with Crippen molar-refractivity contribution in [3.63, 3.8) is 0 Å². The first-order valence-electron chi connectivity index (χ1n) is 6.90. The number of hydrogen-bond donors (Lipinski definition) is 0. The summed E-state index contributed by atoms with van der Waals surface area (Å²) in [5, 5.41) is 0. The van der Waals surface area contributed by atoms with Gasteiger partial charge in [0, 0.05) is 11.5 Å². The summed E-state index contributed by atoms with van der Waals surface area (Å²) in [5.41, 5.74) is 1.98. The molecular formula is C17H16BrFO2. The first-order chi connectivity index (χ1) is 10.2. The third-order valence-electron chi connectivity index (χ3n) is 3.85. The minimum Gasteiger partial charge on any atom is -0.496 e. The number of rotatable bonds is 3. The van der Waals surface area contributed by atoms with Gasteiger partial charge in [0.15, 0.2) is 0 Å². The zero-order chi connectivity index (χ0) is 14.8. The van der Waals surface area contributed by atoms with E-state index in [2.05, 4.69) is 22.0 Å². The fourth-order valence-corrected chi connectivity index (χ4v) is 3.72. The van der Waals surface area contributed by atoms with Crippen LogP contribution in [0.1, 0.15) is 28.3 Å². The van der Waals surface area contributed by atoms with E-state index < -0.39 is 0 Å². The first kappa shape index (κ1) is 14.4. The van der Waals surface area contributed by atoms with Crippen molar-refractivity contribution in [1.82, 2.24) is 0 Å². The summed E-state index contributed by atoms with van der Waals surface area (Å²) in [6.07, 6.45) is 0.882. The molecular weight excluding hydrogens is 335 g/mol. The minimum absolute atomic E-state index is 0.0202. The summed E-state index contributed by atoms with van der Waals surface area (Å²) in [4.78, 5) is -0.0202. The highest BCUT2D eigenvalue weighted by Crippen LogP contribution is 2.47. The molecule has 0 aromatic heterocycles. The number of halogens is 2. The molecule has 2 unspecified atom stereocenters. The molecule has 0 saturated heterocycles. The Morgan fingerprint density at radius 1 is 1.29 bits per heavy atom. The average molecular weight is 351 g/mol. The van der Waals surface area contributed by atoms with Crippen molar-refractivity contribution >= 4 is 15.9 Å². The fourth-order valence-electron chi connectivity index (χ4n) is 2.81. The number of alkyl halides is 1. The first-order valence-corrected chi connectivity index (χ1v) is 7.81. The Hall–Kier alpha value is -1.55. The van der Waals surface area contributed by atoms with Crippen LogP contribution in [0.5, 0.6) is 11.5 Å². The average Bonchev–Trinajstić information content (AvgIpc) is 2.53. The molecule has 0 radical (unpaired) electrons. The van der Waals surface area contributed by atoms with Crippen molar-refractivity contribution in [2.75, 3.05) is 13.7 Å². The second-order valence-electron chi connectivity index (χ2n) is 5.07. The maximum atomic E-state index is 13.6. The molecule has 0 bridgehead atoms. The van der Waals surface area contributed by atoms with Crippen LogP contribution in [0.4, 0.5) is 4.39 Å². The molecule has 110 valence electrons. The van der Waals surface area contributed by atoms with Gasteiger partial charge in [0.1, 0.15) is 17.3 Å². The van der Waals surface area contributed by atoms with E-state index in [1.807, 2.05) is 18.2 Å². The topological polar surface area (TPSA) is 18.5 Å². The summed E-state index contributed by atoms with van der Waals surface area (Å²) < 4.78 is 24.7. The predicted octanol–water partition coefficient (Wildman–Crippen LogP) is 4.84. The maximum absolute atomic E-state index is 13.6. The Labute approximate surface area is 132 Å². The molecule has 0 aliphatic carbocycles. The van der Waals surface area contributed by atoms with E-state index >= 15 is 0 Å². The van der Waals surface area contributed by atoms with Crippen molar-refractivity contribution < 1.29 is 13.9 Å². The van der Waals surface area contributed by atoms with Crippen LogP contribution < -0.4 is 9.47 Å². The molecule has 21 heavy (non-hydrogen) atoms. The quantitative estimate of drug-likeness (QED) is 0.737. The van der Waals surface area contributed by atoms with E-state index in [0.717, 1.165) is 23.3 Å². The molecule has 2 aromatic carbocycles. The lowest BCUT2D eigenvalue weighted by molar-refractivity contribution is 0.265. The molecule has 0 saturated carbocycles. The molecule has 0 N–H and O–H groups in total. The third kappa shape index (κ3) is 2.77. The molecule has 0 fully saturated rings. The molecule has 1 aliphatic heterocycles. The van der Waals surface area contributed by atoms with Gasteiger partial charge in [-0.05, 0) is 36.2 Å². The van der Waals surface area contributed by atoms with E-state index in [0.29, 0.717) is 12.4 Å². The molecule has 2 atom stereocenters. The summed E-state index contributed by atoms with van der Waals surface area (Å²) >= 11 is 3.74. The van der Waals surface area contributed by atoms with Crippen LogP contribution in [0, 0.1) is 5.82 Å². The zero-order valence-corrected chi connectivity index (χ0v) is 13.3. The fraction of sp³-hybridized carbons (Fsp3) is 0.294. The van der Waals surface area contributed by atoms with E-state index in [-0.39, 0.29) is 16.6 Å². The van der Waals surface area contributed by atoms with Gasteiger partial charge in [0.25, 0.3) is 0 Å². The van der Waals surface area contributed by atoms with E-state index in [1.165, 1.54) is 12.1 Å². The summed E-state index contributed by atoms with van der Waals surface area (Å²) in [7, 11) is 1.61. The highest BCUT2D eigenvalue weighted by molar-refractivity contribution is 9.09. The number of para-hydroxylation sites is 1. The number of methoxy groups -OCH3 is 1. The molecule has 0 spiro atoms. The van der Waals surface area contributed by atoms with Gasteiger partial charge in [-0.25, -0.2) is 4.39 Å². The van der Waals surface area contributed by atoms with Crippen LogP contribution >= 0.6 is 15.9 Å². The molecule has 1 heterocycles. The van der Waals surface area contributed by atoms with Gasteiger partial charge in [0.2, 0.25) is 0 Å². The monoisotopic (exact) mass is 350 g/mol. The van der Waals surface area contributed by atoms with Crippen molar-refractivity contribution in [3.05, 3.63) is 59.4 Å². The van der Waals surface area contributed by atoms with Crippen molar-refractivity contribution in [2.45, 2.75) is 17.2 Å². The third-order valence-corrected chi connectivity index (χ3v) is 4.98. The van der Waals surface area contributed by atoms with Crippen molar-refractivity contribution in [1.29, 1.82) is 0 Å². The lowest BCUT2D eigenvalue weighted by Crippen LogP contribution is -2.18. The molecule has 1 aliphatic rings. The van der Waals surface area contributed by atoms with Gasteiger partial charge in [-0.2, -0.15) is 0 Å². The minimum atomic E-state index is -0.254. The molecule has 0 amide bonds. The number of fused-ring (bicyclic) bond motifs is 1. The van der Waals surface area contributed by atoms with Crippen LogP contribution in [0.2, 0.25) is 0 Å². The Bertz CT molecular complexity index is 644. The normalized spacial score (nSPS) is 18.5. The van der Waals surface area contributed by atoms with Crippen molar-refractivity contribution in [3.8, 4) is 11.5 Å². The second-order valence-corrected chi connectivity index (χ2v) is 6.06. The molecule has 4 heteroatoms. The molecule has 2 nitrogen and oxygen atoms in total. The SMILES string of the molecule is COc1ccc(F)cc1C(Br)C1CCOc2ccccc21. The second kappa shape index (κ2) is 6.06. The number of benzene rings is 2. The van der Waals surface area contributed by atoms with Crippen LogP contribution in [-0.4, -0.2) is 13.7 Å². The van der Waals surface area contributed by atoms with E-state index in [9.17, 15) is 4.39 Å². The van der Waals surface area contributed by atoms with E-state index in [1.54, 1.807) is 13.2 Å². The standard InChI is InChI=1S/C17H16BrFO2/c1-20-15-7-6-11(19)10-14(15)17(18)13-8-9-21-16-5-3-2-4-12(13)16/h2-7,10,13,17H,8-9H2,1H3. The Morgan fingerprint density at radius 2 is 2.10 bits per heavy atom. The van der Waals surface area contributed by atoms with Gasteiger partial charge in [-0.15, -0.1) is 0 Å². The largest absolute Gasteiger partial charge is 0.496 e. The smallest absolute Gasteiger partial charge is 0.123 e. The van der Waals surface area contributed by atoms with Crippen LogP contribution in [-0.2, 0) is 0 Å².